The second kappa shape index (κ2) is 8.17. The Morgan fingerprint density at radius 1 is 1.21 bits per heavy atom. The molecule has 0 saturated carbocycles. The summed E-state index contributed by atoms with van der Waals surface area (Å²) in [6.45, 7) is 9.16. The van der Waals surface area contributed by atoms with Gasteiger partial charge >= 0.3 is 0 Å². The van der Waals surface area contributed by atoms with Gasteiger partial charge in [-0.1, -0.05) is 0 Å². The fraction of sp³-hybridized carbons (Fsp3) is 0.400. The molecule has 0 radical (unpaired) electrons. The molecule has 1 fully saturated rings. The monoisotopic (exact) mass is 429 g/mol. The topological polar surface area (TPSA) is 80.2 Å². The van der Waals surface area contributed by atoms with E-state index in [-0.39, 0.29) is 18.1 Å². The lowest BCUT2D eigenvalue weighted by atomic mass is 10.2. The molecule has 1 amide bonds. The Morgan fingerprint density at radius 2 is 1.97 bits per heavy atom. The fourth-order valence-electron chi connectivity index (χ4n) is 3.43. The highest BCUT2D eigenvalue weighted by Gasteiger charge is 2.26. The van der Waals surface area contributed by atoms with Crippen molar-refractivity contribution in [3.05, 3.63) is 40.0 Å². The number of carbonyl (C=O) groups is 1. The van der Waals surface area contributed by atoms with Crippen LogP contribution in [0.15, 0.2) is 23.7 Å². The van der Waals surface area contributed by atoms with Gasteiger partial charge in [-0.05, 0) is 39.8 Å². The van der Waals surface area contributed by atoms with Gasteiger partial charge in [0.15, 0.2) is 5.13 Å². The first-order valence-corrected chi connectivity index (χ1v) is 11.2. The fourth-order valence-corrected chi connectivity index (χ4v) is 5.10. The van der Waals surface area contributed by atoms with Crippen molar-refractivity contribution in [1.29, 1.82) is 0 Å². The Morgan fingerprint density at radius 3 is 2.59 bits per heavy atom. The minimum absolute atomic E-state index is 0.0152. The van der Waals surface area contributed by atoms with Crippen molar-refractivity contribution in [1.82, 2.24) is 19.9 Å². The molecule has 3 aromatic rings. The standard InChI is InChI=1S/C20H23N5O2S2/c1-11-8-25(9-12(2)27-11)19(26)15-5-6-17(21-7-15)24-20-23-16(10-28-20)18-13(3)22-14(4)29-18/h5-7,10-12H,8-9H2,1-4H3,(H,21,23,24)/t11-,12+. The smallest absolute Gasteiger partial charge is 0.255 e. The van der Waals surface area contributed by atoms with Gasteiger partial charge in [-0.15, -0.1) is 22.7 Å². The highest BCUT2D eigenvalue weighted by molar-refractivity contribution is 7.16. The lowest BCUT2D eigenvalue weighted by Crippen LogP contribution is -2.48. The quantitative estimate of drug-likeness (QED) is 0.667. The molecule has 0 aromatic carbocycles. The van der Waals surface area contributed by atoms with E-state index in [0.29, 0.717) is 24.5 Å². The van der Waals surface area contributed by atoms with Crippen LogP contribution in [-0.2, 0) is 4.74 Å². The number of nitrogens with zero attached hydrogens (tertiary/aromatic N) is 4. The average molecular weight is 430 g/mol. The van der Waals surface area contributed by atoms with Gasteiger partial charge in [0.25, 0.3) is 5.91 Å². The second-order valence-corrected chi connectivity index (χ2v) is 9.27. The average Bonchev–Trinajstić information content (AvgIpc) is 3.26. The molecule has 1 aliphatic heterocycles. The number of aryl methyl sites for hydroxylation is 2. The highest BCUT2D eigenvalue weighted by atomic mass is 32.1. The summed E-state index contributed by atoms with van der Waals surface area (Å²) < 4.78 is 5.70. The van der Waals surface area contributed by atoms with Crippen molar-refractivity contribution in [2.24, 2.45) is 0 Å². The van der Waals surface area contributed by atoms with Crippen LogP contribution in [0.5, 0.6) is 0 Å². The van der Waals surface area contributed by atoms with Crippen molar-refractivity contribution >= 4 is 39.5 Å². The van der Waals surface area contributed by atoms with E-state index in [9.17, 15) is 4.79 Å². The van der Waals surface area contributed by atoms with Crippen LogP contribution < -0.4 is 5.32 Å². The van der Waals surface area contributed by atoms with Gasteiger partial charge in [0.1, 0.15) is 5.82 Å². The molecule has 1 aliphatic rings. The molecule has 7 nitrogen and oxygen atoms in total. The number of carbonyl (C=O) groups excluding carboxylic acids is 1. The normalized spacial score (nSPS) is 19.4. The maximum absolute atomic E-state index is 12.7. The lowest BCUT2D eigenvalue weighted by molar-refractivity contribution is -0.0586. The molecule has 0 aliphatic carbocycles. The molecule has 1 N–H and O–H groups in total. The lowest BCUT2D eigenvalue weighted by Gasteiger charge is -2.35. The third-order valence-corrected chi connectivity index (χ3v) is 6.45. The van der Waals surface area contributed by atoms with Gasteiger partial charge in [0.2, 0.25) is 0 Å². The van der Waals surface area contributed by atoms with E-state index in [1.807, 2.05) is 44.0 Å². The van der Waals surface area contributed by atoms with E-state index in [1.54, 1.807) is 23.6 Å². The van der Waals surface area contributed by atoms with Crippen LogP contribution in [0.3, 0.4) is 0 Å². The predicted octanol–water partition coefficient (Wildman–Crippen LogP) is 4.27. The Kier molecular flexibility index (Phi) is 5.62. The number of hydrogen-bond acceptors (Lipinski definition) is 8. The van der Waals surface area contributed by atoms with Gasteiger partial charge in [0.05, 0.1) is 39.0 Å². The first-order chi connectivity index (χ1) is 13.9. The Labute approximate surface area is 177 Å². The summed E-state index contributed by atoms with van der Waals surface area (Å²) in [4.78, 5) is 29.2. The Bertz CT molecular complexity index is 1000. The van der Waals surface area contributed by atoms with Crippen molar-refractivity contribution < 1.29 is 9.53 Å². The maximum atomic E-state index is 12.7. The van der Waals surface area contributed by atoms with E-state index in [1.165, 1.54) is 11.3 Å². The van der Waals surface area contributed by atoms with Gasteiger partial charge in [-0.3, -0.25) is 4.79 Å². The summed E-state index contributed by atoms with van der Waals surface area (Å²) in [7, 11) is 0. The number of ether oxygens (including phenoxy) is 1. The molecule has 29 heavy (non-hydrogen) atoms. The molecule has 3 aromatic heterocycles. The highest BCUT2D eigenvalue weighted by Crippen LogP contribution is 2.32. The number of thiazole rings is 2. The van der Waals surface area contributed by atoms with Crippen molar-refractivity contribution in [2.45, 2.75) is 39.9 Å². The van der Waals surface area contributed by atoms with Gasteiger partial charge < -0.3 is 15.0 Å². The molecule has 2 atom stereocenters. The number of nitrogens with one attached hydrogen (secondary N) is 1. The molecule has 1 saturated heterocycles. The van der Waals surface area contributed by atoms with Crippen LogP contribution in [0.1, 0.15) is 34.9 Å². The number of anilines is 2. The molecule has 152 valence electrons. The minimum Gasteiger partial charge on any atom is -0.372 e. The van der Waals surface area contributed by atoms with E-state index in [0.717, 1.165) is 26.4 Å². The Hall–Kier alpha value is -2.36. The largest absolute Gasteiger partial charge is 0.372 e. The van der Waals surface area contributed by atoms with Crippen LogP contribution in [0.4, 0.5) is 10.9 Å². The molecule has 4 heterocycles. The van der Waals surface area contributed by atoms with Crippen LogP contribution in [0.25, 0.3) is 10.6 Å². The van der Waals surface area contributed by atoms with E-state index < -0.39 is 0 Å². The maximum Gasteiger partial charge on any atom is 0.255 e. The zero-order valence-corrected chi connectivity index (χ0v) is 18.4. The number of hydrogen-bond donors (Lipinski definition) is 1. The summed E-state index contributed by atoms with van der Waals surface area (Å²) >= 11 is 3.16. The molecule has 0 unspecified atom stereocenters. The SMILES string of the molecule is Cc1nc(C)c(-c2csc(Nc3ccc(C(=O)N4C[C@@H](C)O[C@@H](C)C4)cn3)n2)s1. The van der Waals surface area contributed by atoms with Crippen LogP contribution >= 0.6 is 22.7 Å². The molecule has 9 heteroatoms. The van der Waals surface area contributed by atoms with Gasteiger partial charge in [0, 0.05) is 24.7 Å². The molecule has 0 spiro atoms. The summed E-state index contributed by atoms with van der Waals surface area (Å²) in [6.07, 6.45) is 1.70. The van der Waals surface area contributed by atoms with Crippen molar-refractivity contribution in [2.75, 3.05) is 18.4 Å². The van der Waals surface area contributed by atoms with Gasteiger partial charge in [-0.2, -0.15) is 0 Å². The third kappa shape index (κ3) is 4.47. The molecule has 0 bridgehead atoms. The zero-order valence-electron chi connectivity index (χ0n) is 16.8. The zero-order chi connectivity index (χ0) is 20.5. The summed E-state index contributed by atoms with van der Waals surface area (Å²) in [5, 5.41) is 7.02. The minimum atomic E-state index is -0.0152. The van der Waals surface area contributed by atoms with E-state index in [2.05, 4.69) is 20.3 Å². The van der Waals surface area contributed by atoms with Crippen molar-refractivity contribution in [3.63, 3.8) is 0 Å². The number of amides is 1. The van der Waals surface area contributed by atoms with E-state index >= 15 is 0 Å². The van der Waals surface area contributed by atoms with Crippen molar-refractivity contribution in [3.8, 4) is 10.6 Å². The Balaban J connectivity index is 1.43. The summed E-state index contributed by atoms with van der Waals surface area (Å²) in [5.74, 6) is 0.641. The number of pyridine rings is 1. The van der Waals surface area contributed by atoms with Crippen LogP contribution in [0, 0.1) is 13.8 Å². The van der Waals surface area contributed by atoms with Crippen LogP contribution in [-0.4, -0.2) is 51.1 Å². The number of rotatable bonds is 4. The number of morpholine rings is 1. The summed E-state index contributed by atoms with van der Waals surface area (Å²) in [5.41, 5.74) is 2.49. The van der Waals surface area contributed by atoms with Crippen LogP contribution in [0.2, 0.25) is 0 Å². The van der Waals surface area contributed by atoms with E-state index in [4.69, 9.17) is 4.74 Å². The first-order valence-electron chi connectivity index (χ1n) is 9.47. The summed E-state index contributed by atoms with van der Waals surface area (Å²) in [6, 6.07) is 3.61. The number of aromatic nitrogens is 3. The second-order valence-electron chi connectivity index (χ2n) is 7.21. The molecule has 4 rings (SSSR count). The molecular formula is C20H23N5O2S2. The molecular weight excluding hydrogens is 406 g/mol. The van der Waals surface area contributed by atoms with Gasteiger partial charge in [-0.25, -0.2) is 15.0 Å². The first kappa shape index (κ1) is 19.9. The predicted molar refractivity (Wildman–Crippen MR) is 116 cm³/mol. The third-order valence-electron chi connectivity index (χ3n) is 4.59.